The molecule has 0 saturated heterocycles. The number of methoxy groups -OCH3 is 1. The SMILES string of the molecule is COCCNC(=O)CCN(C(C)=O)c1ccc(C(F)(F)F)cc1. The van der Waals surface area contributed by atoms with E-state index in [0.717, 1.165) is 12.1 Å². The predicted octanol–water partition coefficient (Wildman–Crippen LogP) is 2.21. The van der Waals surface area contributed by atoms with Crippen molar-refractivity contribution < 1.29 is 27.5 Å². The van der Waals surface area contributed by atoms with Gasteiger partial charge in [0, 0.05) is 39.2 Å². The highest BCUT2D eigenvalue weighted by Crippen LogP contribution is 2.30. The first-order chi connectivity index (χ1) is 10.8. The Morgan fingerprint density at radius 2 is 1.83 bits per heavy atom. The van der Waals surface area contributed by atoms with Crippen molar-refractivity contribution in [2.45, 2.75) is 19.5 Å². The van der Waals surface area contributed by atoms with E-state index >= 15 is 0 Å². The molecular weight excluding hydrogens is 313 g/mol. The van der Waals surface area contributed by atoms with Gasteiger partial charge in [-0.1, -0.05) is 0 Å². The molecule has 1 rings (SSSR count). The summed E-state index contributed by atoms with van der Waals surface area (Å²) in [7, 11) is 1.51. The molecule has 0 aromatic heterocycles. The van der Waals surface area contributed by atoms with Crippen molar-refractivity contribution in [1.82, 2.24) is 5.32 Å². The smallest absolute Gasteiger partial charge is 0.383 e. The van der Waals surface area contributed by atoms with Crippen LogP contribution in [0.25, 0.3) is 0 Å². The fourth-order valence-electron chi connectivity index (χ4n) is 1.89. The lowest BCUT2D eigenvalue weighted by Gasteiger charge is -2.21. The molecule has 2 amide bonds. The minimum atomic E-state index is -4.43. The van der Waals surface area contributed by atoms with Crippen LogP contribution >= 0.6 is 0 Å². The van der Waals surface area contributed by atoms with Gasteiger partial charge in [0.25, 0.3) is 0 Å². The number of carbonyl (C=O) groups is 2. The van der Waals surface area contributed by atoms with E-state index in [2.05, 4.69) is 5.32 Å². The molecule has 128 valence electrons. The summed E-state index contributed by atoms with van der Waals surface area (Å²) in [6.45, 7) is 2.11. The first-order valence-corrected chi connectivity index (χ1v) is 6.96. The molecule has 0 aliphatic carbocycles. The van der Waals surface area contributed by atoms with E-state index in [0.29, 0.717) is 18.8 Å². The number of nitrogens with one attached hydrogen (secondary N) is 1. The predicted molar refractivity (Wildman–Crippen MR) is 79.0 cm³/mol. The van der Waals surface area contributed by atoms with Crippen LogP contribution in [0.4, 0.5) is 18.9 Å². The summed E-state index contributed by atoms with van der Waals surface area (Å²) < 4.78 is 42.4. The average Bonchev–Trinajstić information content (AvgIpc) is 2.47. The Kier molecular flexibility index (Phi) is 7.02. The third-order valence-electron chi connectivity index (χ3n) is 3.08. The van der Waals surface area contributed by atoms with E-state index in [1.54, 1.807) is 0 Å². The maximum Gasteiger partial charge on any atom is 0.416 e. The molecule has 1 aromatic carbocycles. The molecule has 0 aliphatic heterocycles. The van der Waals surface area contributed by atoms with Gasteiger partial charge in [0.15, 0.2) is 0 Å². The van der Waals surface area contributed by atoms with Gasteiger partial charge in [-0.05, 0) is 24.3 Å². The Bertz CT molecular complexity index is 530. The van der Waals surface area contributed by atoms with E-state index in [1.165, 1.54) is 31.1 Å². The molecule has 0 heterocycles. The van der Waals surface area contributed by atoms with Gasteiger partial charge in [-0.2, -0.15) is 13.2 Å². The van der Waals surface area contributed by atoms with Gasteiger partial charge in [-0.15, -0.1) is 0 Å². The number of halogens is 3. The minimum Gasteiger partial charge on any atom is -0.383 e. The maximum atomic E-state index is 12.5. The third kappa shape index (κ3) is 6.27. The molecule has 8 heteroatoms. The second kappa shape index (κ2) is 8.52. The van der Waals surface area contributed by atoms with Gasteiger partial charge < -0.3 is 15.0 Å². The van der Waals surface area contributed by atoms with Crippen LogP contribution in [0.2, 0.25) is 0 Å². The lowest BCUT2D eigenvalue weighted by atomic mass is 10.2. The van der Waals surface area contributed by atoms with E-state index in [9.17, 15) is 22.8 Å². The van der Waals surface area contributed by atoms with Crippen molar-refractivity contribution >= 4 is 17.5 Å². The zero-order chi connectivity index (χ0) is 17.5. The summed E-state index contributed by atoms with van der Waals surface area (Å²) in [6.07, 6.45) is -4.38. The highest BCUT2D eigenvalue weighted by molar-refractivity contribution is 5.92. The lowest BCUT2D eigenvalue weighted by Crippen LogP contribution is -2.34. The fourth-order valence-corrected chi connectivity index (χ4v) is 1.89. The molecule has 0 saturated carbocycles. The van der Waals surface area contributed by atoms with Gasteiger partial charge in [0.1, 0.15) is 0 Å². The first-order valence-electron chi connectivity index (χ1n) is 6.96. The van der Waals surface area contributed by atoms with Crippen molar-refractivity contribution in [3.05, 3.63) is 29.8 Å². The Morgan fingerprint density at radius 3 is 2.30 bits per heavy atom. The van der Waals surface area contributed by atoms with Crippen molar-refractivity contribution in [3.8, 4) is 0 Å². The molecule has 0 radical (unpaired) electrons. The number of nitrogens with zero attached hydrogens (tertiary/aromatic N) is 1. The number of hydrogen-bond acceptors (Lipinski definition) is 3. The second-order valence-corrected chi connectivity index (χ2v) is 4.81. The highest BCUT2D eigenvalue weighted by Gasteiger charge is 2.30. The van der Waals surface area contributed by atoms with Crippen LogP contribution in [-0.2, 0) is 20.5 Å². The molecule has 1 N–H and O–H groups in total. The average molecular weight is 332 g/mol. The number of benzene rings is 1. The molecule has 0 fully saturated rings. The Labute approximate surface area is 132 Å². The van der Waals surface area contributed by atoms with Crippen molar-refractivity contribution in [3.63, 3.8) is 0 Å². The van der Waals surface area contributed by atoms with Crippen molar-refractivity contribution in [1.29, 1.82) is 0 Å². The monoisotopic (exact) mass is 332 g/mol. The fraction of sp³-hybridized carbons (Fsp3) is 0.467. The van der Waals surface area contributed by atoms with E-state index < -0.39 is 11.7 Å². The van der Waals surface area contributed by atoms with Gasteiger partial charge in [-0.25, -0.2) is 0 Å². The topological polar surface area (TPSA) is 58.6 Å². The third-order valence-corrected chi connectivity index (χ3v) is 3.08. The molecule has 0 unspecified atom stereocenters. The summed E-state index contributed by atoms with van der Waals surface area (Å²) >= 11 is 0. The number of anilines is 1. The zero-order valence-electron chi connectivity index (χ0n) is 12.9. The Hall–Kier alpha value is -2.09. The number of ether oxygens (including phenoxy) is 1. The quantitative estimate of drug-likeness (QED) is 0.779. The number of alkyl halides is 3. The summed E-state index contributed by atoms with van der Waals surface area (Å²) in [5, 5.41) is 2.61. The molecule has 0 bridgehead atoms. The van der Waals surface area contributed by atoms with E-state index in [1.807, 2.05) is 0 Å². The van der Waals surface area contributed by atoms with Gasteiger partial charge in [-0.3, -0.25) is 9.59 Å². The Balaban J connectivity index is 2.68. The van der Waals surface area contributed by atoms with Crippen LogP contribution in [0.5, 0.6) is 0 Å². The lowest BCUT2D eigenvalue weighted by molar-refractivity contribution is -0.137. The van der Waals surface area contributed by atoms with E-state index in [4.69, 9.17) is 4.74 Å². The molecule has 23 heavy (non-hydrogen) atoms. The molecule has 5 nitrogen and oxygen atoms in total. The van der Waals surface area contributed by atoms with Crippen LogP contribution in [0.1, 0.15) is 18.9 Å². The molecule has 0 atom stereocenters. The number of amides is 2. The normalized spacial score (nSPS) is 11.2. The van der Waals surface area contributed by atoms with Gasteiger partial charge in [0.2, 0.25) is 11.8 Å². The van der Waals surface area contributed by atoms with Gasteiger partial charge >= 0.3 is 6.18 Å². The summed E-state index contributed by atoms with van der Waals surface area (Å²) in [4.78, 5) is 24.5. The molecule has 1 aromatic rings. The zero-order valence-corrected chi connectivity index (χ0v) is 12.9. The van der Waals surface area contributed by atoms with Crippen molar-refractivity contribution in [2.24, 2.45) is 0 Å². The van der Waals surface area contributed by atoms with Gasteiger partial charge in [0.05, 0.1) is 12.2 Å². The standard InChI is InChI=1S/C15H19F3N2O3/c1-11(21)20(9-7-14(22)19-8-10-23-2)13-5-3-12(4-6-13)15(16,17)18/h3-6H,7-10H2,1-2H3,(H,19,22). The maximum absolute atomic E-state index is 12.5. The van der Waals surface area contributed by atoms with E-state index in [-0.39, 0.29) is 24.8 Å². The molecular formula is C15H19F3N2O3. The van der Waals surface area contributed by atoms with Crippen LogP contribution in [0.3, 0.4) is 0 Å². The molecule has 0 spiro atoms. The van der Waals surface area contributed by atoms with Crippen LogP contribution in [0, 0.1) is 0 Å². The number of hydrogen-bond donors (Lipinski definition) is 1. The number of rotatable bonds is 7. The number of carbonyl (C=O) groups excluding carboxylic acids is 2. The summed E-state index contributed by atoms with van der Waals surface area (Å²) in [5.41, 5.74) is -0.475. The van der Waals surface area contributed by atoms with Crippen LogP contribution in [-0.4, -0.2) is 38.6 Å². The highest BCUT2D eigenvalue weighted by atomic mass is 19.4. The molecule has 0 aliphatic rings. The first kappa shape index (κ1) is 19.0. The van der Waals surface area contributed by atoms with Crippen LogP contribution in [0.15, 0.2) is 24.3 Å². The summed E-state index contributed by atoms with van der Waals surface area (Å²) in [6, 6.07) is 4.24. The minimum absolute atomic E-state index is 0.0459. The Morgan fingerprint density at radius 1 is 1.22 bits per heavy atom. The van der Waals surface area contributed by atoms with Crippen molar-refractivity contribution in [2.75, 3.05) is 31.7 Å². The summed E-state index contributed by atoms with van der Waals surface area (Å²) in [5.74, 6) is -0.616. The second-order valence-electron chi connectivity index (χ2n) is 4.81. The largest absolute Gasteiger partial charge is 0.416 e. The van der Waals surface area contributed by atoms with Crippen LogP contribution < -0.4 is 10.2 Å².